The molecule has 1 unspecified atom stereocenters. The molecule has 2 aromatic rings. The second kappa shape index (κ2) is 9.41. The first-order chi connectivity index (χ1) is 14.0. The van der Waals surface area contributed by atoms with E-state index in [-0.39, 0.29) is 17.6 Å². The highest BCUT2D eigenvalue weighted by Crippen LogP contribution is 2.34. The van der Waals surface area contributed by atoms with Gasteiger partial charge in [0.1, 0.15) is 17.6 Å². The van der Waals surface area contributed by atoms with E-state index in [4.69, 9.17) is 4.74 Å². The summed E-state index contributed by atoms with van der Waals surface area (Å²) in [6, 6.07) is 11.3. The van der Waals surface area contributed by atoms with Crippen LogP contribution >= 0.6 is 0 Å². The number of halogens is 1. The van der Waals surface area contributed by atoms with Gasteiger partial charge in [-0.15, -0.1) is 0 Å². The van der Waals surface area contributed by atoms with Crippen LogP contribution in [0.1, 0.15) is 25.3 Å². The summed E-state index contributed by atoms with van der Waals surface area (Å²) < 4.78 is 18.4. The first-order valence-corrected chi connectivity index (χ1v) is 9.75. The summed E-state index contributed by atoms with van der Waals surface area (Å²) in [5.41, 5.74) is 2.44. The van der Waals surface area contributed by atoms with Crippen LogP contribution in [0.4, 0.5) is 15.8 Å². The van der Waals surface area contributed by atoms with Crippen molar-refractivity contribution < 1.29 is 18.7 Å². The number of anilines is 2. The van der Waals surface area contributed by atoms with Crippen molar-refractivity contribution in [3.8, 4) is 5.75 Å². The first-order valence-electron chi connectivity index (χ1n) is 9.75. The average molecular weight is 399 g/mol. The van der Waals surface area contributed by atoms with E-state index < -0.39 is 6.04 Å². The minimum atomic E-state index is -0.452. The van der Waals surface area contributed by atoms with Gasteiger partial charge in [0.05, 0.1) is 12.8 Å². The highest BCUT2D eigenvalue weighted by molar-refractivity contribution is 5.97. The molecule has 2 aromatic carbocycles. The third-order valence-electron chi connectivity index (χ3n) is 4.95. The second-order valence-corrected chi connectivity index (χ2v) is 7.07. The molecule has 154 valence electrons. The molecule has 29 heavy (non-hydrogen) atoms. The van der Waals surface area contributed by atoms with Crippen LogP contribution in [0.25, 0.3) is 0 Å². The number of benzene rings is 2. The minimum absolute atomic E-state index is 0.0953. The molecule has 1 aliphatic heterocycles. The van der Waals surface area contributed by atoms with E-state index >= 15 is 0 Å². The zero-order valence-corrected chi connectivity index (χ0v) is 16.7. The van der Waals surface area contributed by atoms with Crippen LogP contribution in [0.5, 0.6) is 5.75 Å². The standard InChI is InChI=1S/C22H26FN3O3/c1-15(22(28)24-12-11-16-5-7-17(23)8-6-16)25-18-9-10-19(20(14-18)29-2)26-13-3-4-21(26)27/h5-10,14-15,25H,3-4,11-13H2,1-2H3,(H,24,28). The third kappa shape index (κ3) is 5.25. The van der Waals surface area contributed by atoms with Crippen LogP contribution in [-0.4, -0.2) is 38.1 Å². The molecule has 1 heterocycles. The molecule has 0 radical (unpaired) electrons. The van der Waals surface area contributed by atoms with E-state index in [2.05, 4.69) is 10.6 Å². The summed E-state index contributed by atoms with van der Waals surface area (Å²) in [5.74, 6) is 0.281. The van der Waals surface area contributed by atoms with Gasteiger partial charge in [0.2, 0.25) is 11.8 Å². The van der Waals surface area contributed by atoms with Crippen LogP contribution < -0.4 is 20.3 Å². The number of ether oxygens (including phenoxy) is 1. The minimum Gasteiger partial charge on any atom is -0.494 e. The van der Waals surface area contributed by atoms with Crippen molar-refractivity contribution in [3.05, 3.63) is 53.8 Å². The lowest BCUT2D eigenvalue weighted by molar-refractivity contribution is -0.121. The molecule has 0 spiro atoms. The fourth-order valence-electron chi connectivity index (χ4n) is 3.34. The molecule has 0 bridgehead atoms. The molecule has 1 saturated heterocycles. The van der Waals surface area contributed by atoms with Gasteiger partial charge in [0.25, 0.3) is 0 Å². The van der Waals surface area contributed by atoms with Gasteiger partial charge in [-0.25, -0.2) is 4.39 Å². The summed E-state index contributed by atoms with van der Waals surface area (Å²) in [6.07, 6.45) is 2.03. The number of carbonyl (C=O) groups is 2. The topological polar surface area (TPSA) is 70.7 Å². The molecule has 2 amide bonds. The third-order valence-corrected chi connectivity index (χ3v) is 4.95. The Labute approximate surface area is 170 Å². The number of hydrogen-bond donors (Lipinski definition) is 2. The molecule has 1 atom stereocenters. The molecule has 6 nitrogen and oxygen atoms in total. The fourth-order valence-corrected chi connectivity index (χ4v) is 3.34. The van der Waals surface area contributed by atoms with Crippen molar-refractivity contribution in [1.29, 1.82) is 0 Å². The fraction of sp³-hybridized carbons (Fsp3) is 0.364. The molecule has 0 aliphatic carbocycles. The highest BCUT2D eigenvalue weighted by Gasteiger charge is 2.24. The van der Waals surface area contributed by atoms with Gasteiger partial charge in [-0.05, 0) is 49.6 Å². The van der Waals surface area contributed by atoms with Gasteiger partial charge >= 0.3 is 0 Å². The van der Waals surface area contributed by atoms with E-state index in [1.165, 1.54) is 12.1 Å². The SMILES string of the molecule is COc1cc(NC(C)C(=O)NCCc2ccc(F)cc2)ccc1N1CCCC1=O. The molecule has 0 aromatic heterocycles. The Morgan fingerprint density at radius 3 is 2.66 bits per heavy atom. The number of amides is 2. The summed E-state index contributed by atoms with van der Waals surface area (Å²) in [5, 5.41) is 6.03. The Morgan fingerprint density at radius 1 is 1.24 bits per heavy atom. The Kier molecular flexibility index (Phi) is 6.69. The number of rotatable bonds is 8. The molecular formula is C22H26FN3O3. The van der Waals surface area contributed by atoms with E-state index in [0.717, 1.165) is 23.4 Å². The maximum absolute atomic E-state index is 12.9. The summed E-state index contributed by atoms with van der Waals surface area (Å²) in [6.45, 7) is 2.93. The molecule has 1 aliphatic rings. The number of nitrogens with zero attached hydrogens (tertiary/aromatic N) is 1. The lowest BCUT2D eigenvalue weighted by Gasteiger charge is -2.21. The number of nitrogens with one attached hydrogen (secondary N) is 2. The molecule has 3 rings (SSSR count). The van der Waals surface area contributed by atoms with E-state index in [0.29, 0.717) is 31.7 Å². The second-order valence-electron chi connectivity index (χ2n) is 7.07. The largest absolute Gasteiger partial charge is 0.494 e. The van der Waals surface area contributed by atoms with Gasteiger partial charge in [-0.1, -0.05) is 12.1 Å². The van der Waals surface area contributed by atoms with Crippen molar-refractivity contribution in [2.24, 2.45) is 0 Å². The summed E-state index contributed by atoms with van der Waals surface area (Å²) in [7, 11) is 1.56. The van der Waals surface area contributed by atoms with Crippen LogP contribution in [0.2, 0.25) is 0 Å². The van der Waals surface area contributed by atoms with E-state index in [1.807, 2.05) is 12.1 Å². The first kappa shape index (κ1) is 20.6. The summed E-state index contributed by atoms with van der Waals surface area (Å²) >= 11 is 0. The zero-order chi connectivity index (χ0) is 20.8. The maximum Gasteiger partial charge on any atom is 0.242 e. The quantitative estimate of drug-likeness (QED) is 0.716. The Bertz CT molecular complexity index is 870. The lowest BCUT2D eigenvalue weighted by atomic mass is 10.1. The van der Waals surface area contributed by atoms with Crippen molar-refractivity contribution in [2.45, 2.75) is 32.2 Å². The van der Waals surface area contributed by atoms with Crippen LogP contribution in [-0.2, 0) is 16.0 Å². The Morgan fingerprint density at radius 2 is 2.00 bits per heavy atom. The van der Waals surface area contributed by atoms with Gasteiger partial charge in [-0.3, -0.25) is 9.59 Å². The van der Waals surface area contributed by atoms with E-state index in [9.17, 15) is 14.0 Å². The number of carbonyl (C=O) groups excluding carboxylic acids is 2. The van der Waals surface area contributed by atoms with E-state index in [1.54, 1.807) is 37.1 Å². The molecular weight excluding hydrogens is 373 g/mol. The molecule has 1 fully saturated rings. The zero-order valence-electron chi connectivity index (χ0n) is 16.7. The Balaban J connectivity index is 1.55. The average Bonchev–Trinajstić information content (AvgIpc) is 3.15. The molecule has 7 heteroatoms. The van der Waals surface area contributed by atoms with Gasteiger partial charge in [0.15, 0.2) is 0 Å². The normalized spacial score (nSPS) is 14.6. The Hall–Kier alpha value is -3.09. The summed E-state index contributed by atoms with van der Waals surface area (Å²) in [4.78, 5) is 26.1. The predicted octanol–water partition coefficient (Wildman–Crippen LogP) is 3.12. The molecule has 2 N–H and O–H groups in total. The number of hydrogen-bond acceptors (Lipinski definition) is 4. The van der Waals surface area contributed by atoms with Crippen LogP contribution in [0, 0.1) is 5.82 Å². The van der Waals surface area contributed by atoms with Gasteiger partial charge < -0.3 is 20.3 Å². The van der Waals surface area contributed by atoms with Crippen molar-refractivity contribution in [3.63, 3.8) is 0 Å². The maximum atomic E-state index is 12.9. The number of methoxy groups -OCH3 is 1. The molecule has 0 saturated carbocycles. The highest BCUT2D eigenvalue weighted by atomic mass is 19.1. The van der Waals surface area contributed by atoms with Gasteiger partial charge in [0, 0.05) is 31.3 Å². The van der Waals surface area contributed by atoms with Crippen molar-refractivity contribution in [1.82, 2.24) is 5.32 Å². The van der Waals surface area contributed by atoms with Crippen LogP contribution in [0.15, 0.2) is 42.5 Å². The predicted molar refractivity (Wildman–Crippen MR) is 111 cm³/mol. The monoisotopic (exact) mass is 399 g/mol. The van der Waals surface area contributed by atoms with Crippen molar-refractivity contribution >= 4 is 23.2 Å². The smallest absolute Gasteiger partial charge is 0.242 e. The lowest BCUT2D eigenvalue weighted by Crippen LogP contribution is -2.38. The van der Waals surface area contributed by atoms with Crippen molar-refractivity contribution in [2.75, 3.05) is 30.4 Å². The van der Waals surface area contributed by atoms with Gasteiger partial charge in [-0.2, -0.15) is 0 Å². The van der Waals surface area contributed by atoms with Crippen LogP contribution in [0.3, 0.4) is 0 Å².